The topological polar surface area (TPSA) is 81.7 Å². The summed E-state index contributed by atoms with van der Waals surface area (Å²) < 4.78 is 5.46. The van der Waals surface area contributed by atoms with Crippen LogP contribution >= 0.6 is 0 Å². The Morgan fingerprint density at radius 2 is 1.91 bits per heavy atom. The van der Waals surface area contributed by atoms with Crippen LogP contribution < -0.4 is 4.74 Å². The molecule has 2 aliphatic heterocycles. The molecule has 4 aromatic rings. The molecule has 0 saturated carbocycles. The van der Waals surface area contributed by atoms with E-state index in [1.807, 2.05) is 47.4 Å². The molecule has 2 aromatic heterocycles. The molecule has 1 spiro atoms. The lowest BCUT2D eigenvalue weighted by Crippen LogP contribution is -2.67. The predicted molar refractivity (Wildman–Crippen MR) is 133 cm³/mol. The molecule has 1 saturated heterocycles. The summed E-state index contributed by atoms with van der Waals surface area (Å²) in [4.78, 5) is 25.2. The van der Waals surface area contributed by atoms with Gasteiger partial charge < -0.3 is 19.7 Å². The number of fused-ring (bicyclic) bond motifs is 4. The first kappa shape index (κ1) is 21.8. The molecule has 7 heteroatoms. The average Bonchev–Trinajstić information content (AvgIpc) is 3.26. The molecule has 1 fully saturated rings. The minimum Gasteiger partial charge on any atom is -0.497 e. The van der Waals surface area contributed by atoms with Crippen LogP contribution in [0.2, 0.25) is 0 Å². The minimum absolute atomic E-state index is 0.0104. The number of nitrogens with one attached hydrogen (secondary N) is 1. The Balaban J connectivity index is 1.41. The van der Waals surface area contributed by atoms with Crippen molar-refractivity contribution >= 4 is 16.8 Å². The number of carbonyl (C=O) groups is 1. The second-order valence-electron chi connectivity index (χ2n) is 9.57. The summed E-state index contributed by atoms with van der Waals surface area (Å²) in [5, 5.41) is 11.6. The first-order valence-electron chi connectivity index (χ1n) is 11.9. The molecule has 35 heavy (non-hydrogen) atoms. The molecule has 7 nitrogen and oxygen atoms in total. The van der Waals surface area contributed by atoms with Gasteiger partial charge in [-0.25, -0.2) is 0 Å². The van der Waals surface area contributed by atoms with Crippen LogP contribution in [-0.4, -0.2) is 64.1 Å². The van der Waals surface area contributed by atoms with E-state index in [-0.39, 0.29) is 24.0 Å². The number of methoxy groups -OCH3 is 1. The lowest BCUT2D eigenvalue weighted by molar-refractivity contribution is -0.00304. The van der Waals surface area contributed by atoms with Crippen LogP contribution in [0.3, 0.4) is 0 Å². The summed E-state index contributed by atoms with van der Waals surface area (Å²) >= 11 is 0. The Morgan fingerprint density at radius 1 is 1.11 bits per heavy atom. The minimum atomic E-state index is -0.229. The number of rotatable bonds is 5. The van der Waals surface area contributed by atoms with Gasteiger partial charge in [0.15, 0.2) is 0 Å². The highest BCUT2D eigenvalue weighted by atomic mass is 16.5. The Hall–Kier alpha value is -3.68. The highest BCUT2D eigenvalue weighted by Gasteiger charge is 2.54. The van der Waals surface area contributed by atoms with E-state index >= 15 is 0 Å². The molecule has 1 amide bonds. The number of aliphatic hydroxyl groups is 1. The quantitative estimate of drug-likeness (QED) is 0.469. The maximum atomic E-state index is 13.1. The van der Waals surface area contributed by atoms with Crippen molar-refractivity contribution in [2.45, 2.75) is 18.0 Å². The predicted octanol–water partition coefficient (Wildman–Crippen LogP) is 3.51. The van der Waals surface area contributed by atoms with Crippen molar-refractivity contribution in [1.82, 2.24) is 19.8 Å². The molecule has 2 N–H and O–H groups in total. The zero-order chi connectivity index (χ0) is 24.0. The number of hydrogen-bond acceptors (Lipinski definition) is 5. The van der Waals surface area contributed by atoms with Gasteiger partial charge in [0.1, 0.15) is 11.4 Å². The normalized spacial score (nSPS) is 18.9. The number of aromatic amines is 1. The van der Waals surface area contributed by atoms with Gasteiger partial charge in [-0.2, -0.15) is 0 Å². The van der Waals surface area contributed by atoms with E-state index in [0.29, 0.717) is 18.8 Å². The maximum absolute atomic E-state index is 13.1. The largest absolute Gasteiger partial charge is 0.497 e. The lowest BCUT2D eigenvalue weighted by atomic mass is 9.68. The van der Waals surface area contributed by atoms with Crippen molar-refractivity contribution in [3.63, 3.8) is 0 Å². The number of likely N-dealkylation sites (tertiary alicyclic amines) is 1. The number of pyridine rings is 1. The summed E-state index contributed by atoms with van der Waals surface area (Å²) in [5.74, 6) is 0.741. The van der Waals surface area contributed by atoms with Gasteiger partial charge in [0.2, 0.25) is 0 Å². The zero-order valence-electron chi connectivity index (χ0n) is 19.6. The highest BCUT2D eigenvalue weighted by molar-refractivity contribution is 5.94. The van der Waals surface area contributed by atoms with Gasteiger partial charge in [0.05, 0.1) is 19.8 Å². The van der Waals surface area contributed by atoms with E-state index in [1.165, 1.54) is 11.1 Å². The van der Waals surface area contributed by atoms with Gasteiger partial charge in [-0.05, 0) is 35.4 Å². The van der Waals surface area contributed by atoms with E-state index in [1.54, 1.807) is 19.4 Å². The van der Waals surface area contributed by atoms with Crippen LogP contribution in [0.25, 0.3) is 10.9 Å². The Bertz CT molecular complexity index is 1360. The second-order valence-corrected chi connectivity index (χ2v) is 9.57. The van der Waals surface area contributed by atoms with E-state index in [2.05, 4.69) is 33.1 Å². The van der Waals surface area contributed by atoms with E-state index in [0.717, 1.165) is 35.4 Å². The van der Waals surface area contributed by atoms with Gasteiger partial charge in [-0.15, -0.1) is 0 Å². The van der Waals surface area contributed by atoms with Crippen LogP contribution in [0, 0.1) is 0 Å². The molecule has 1 atom stereocenters. The fourth-order valence-corrected chi connectivity index (χ4v) is 5.83. The van der Waals surface area contributed by atoms with Crippen molar-refractivity contribution in [2.24, 2.45) is 0 Å². The molecule has 0 bridgehead atoms. The summed E-state index contributed by atoms with van der Waals surface area (Å²) in [5.41, 5.74) is 4.67. The molecule has 178 valence electrons. The number of nitrogens with zero attached hydrogens (tertiary/aromatic N) is 3. The lowest BCUT2D eigenvalue weighted by Gasteiger charge is -2.56. The van der Waals surface area contributed by atoms with E-state index < -0.39 is 0 Å². The zero-order valence-corrected chi connectivity index (χ0v) is 19.6. The van der Waals surface area contributed by atoms with Crippen molar-refractivity contribution in [2.75, 3.05) is 33.4 Å². The molecule has 6 rings (SSSR count). The highest BCUT2D eigenvalue weighted by Crippen LogP contribution is 2.49. The molecule has 0 unspecified atom stereocenters. The number of H-pyrrole nitrogens is 1. The van der Waals surface area contributed by atoms with Crippen LogP contribution in [0.5, 0.6) is 5.75 Å². The summed E-state index contributed by atoms with van der Waals surface area (Å²) in [6.07, 6.45) is 1.65. The molecule has 4 heterocycles. The van der Waals surface area contributed by atoms with Crippen LogP contribution in [0.15, 0.2) is 72.9 Å². The molecule has 0 aliphatic carbocycles. The van der Waals surface area contributed by atoms with Crippen LogP contribution in [-0.2, 0) is 12.0 Å². The van der Waals surface area contributed by atoms with Crippen molar-refractivity contribution in [1.29, 1.82) is 0 Å². The first-order chi connectivity index (χ1) is 17.1. The van der Waals surface area contributed by atoms with Crippen molar-refractivity contribution in [3.8, 4) is 5.75 Å². The Morgan fingerprint density at radius 3 is 2.63 bits per heavy atom. The monoisotopic (exact) mass is 468 g/mol. The number of benzene rings is 2. The van der Waals surface area contributed by atoms with Gasteiger partial charge in [-0.1, -0.05) is 36.4 Å². The third kappa shape index (κ3) is 3.59. The smallest absolute Gasteiger partial charge is 0.272 e. The van der Waals surface area contributed by atoms with Crippen molar-refractivity contribution < 1.29 is 14.6 Å². The molecular formula is C28H28N4O3. The molecule has 0 radical (unpaired) electrons. The van der Waals surface area contributed by atoms with Gasteiger partial charge in [0.25, 0.3) is 5.91 Å². The van der Waals surface area contributed by atoms with Crippen LogP contribution in [0.1, 0.15) is 33.4 Å². The Kier molecular flexibility index (Phi) is 5.31. The third-order valence-corrected chi connectivity index (χ3v) is 7.40. The number of amides is 1. The first-order valence-corrected chi connectivity index (χ1v) is 11.9. The number of aliphatic hydroxyl groups excluding tert-OH is 1. The summed E-state index contributed by atoms with van der Waals surface area (Å²) in [7, 11) is 1.66. The number of carbonyl (C=O) groups excluding carboxylic acids is 1. The van der Waals surface area contributed by atoms with Crippen LogP contribution in [0.4, 0.5) is 0 Å². The maximum Gasteiger partial charge on any atom is 0.272 e. The molecule has 2 aromatic carbocycles. The fraction of sp³-hybridized carbons (Fsp3) is 0.286. The van der Waals surface area contributed by atoms with E-state index in [9.17, 15) is 9.90 Å². The standard InChI is InChI=1S/C28H28N4O3/c1-35-20-10-11-21-23(13-20)30-26-24(15-33)31(14-19-7-3-2-4-8-19)16-28(25(21)26)17-32(18-28)27(34)22-9-5-6-12-29-22/h2-13,24,30,33H,14-18H2,1H3/t24-/m0/s1. The Labute approximate surface area is 204 Å². The number of aromatic nitrogens is 2. The summed E-state index contributed by atoms with van der Waals surface area (Å²) in [6, 6.07) is 21.7. The second kappa shape index (κ2) is 8.52. The molecular weight excluding hydrogens is 440 g/mol. The van der Waals surface area contributed by atoms with Gasteiger partial charge in [-0.3, -0.25) is 14.7 Å². The third-order valence-electron chi connectivity index (χ3n) is 7.40. The molecule has 2 aliphatic rings. The average molecular weight is 469 g/mol. The van der Waals surface area contributed by atoms with E-state index in [4.69, 9.17) is 4.74 Å². The van der Waals surface area contributed by atoms with Crippen molar-refractivity contribution in [3.05, 3.63) is 95.4 Å². The number of hydrogen-bond donors (Lipinski definition) is 2. The SMILES string of the molecule is COc1ccc2c3c([nH]c2c1)[C@H](CO)N(Cc1ccccc1)CC31CN(C(=O)c2ccccn2)C1. The fourth-order valence-electron chi connectivity index (χ4n) is 5.83. The summed E-state index contributed by atoms with van der Waals surface area (Å²) in [6.45, 7) is 2.71. The van der Waals surface area contributed by atoms with Gasteiger partial charge >= 0.3 is 0 Å². The van der Waals surface area contributed by atoms with Gasteiger partial charge in [0, 0.05) is 60.5 Å². The number of ether oxygens (including phenoxy) is 1.